The summed E-state index contributed by atoms with van der Waals surface area (Å²) in [4.78, 5) is 0. The van der Waals surface area contributed by atoms with Gasteiger partial charge in [-0.3, -0.25) is 0 Å². The molecular formula is C16H31NO2. The maximum atomic E-state index is 6.24. The molecule has 1 aliphatic carbocycles. The highest BCUT2D eigenvalue weighted by atomic mass is 16.6. The topological polar surface area (TPSA) is 44.5 Å². The molecule has 0 aromatic rings. The van der Waals surface area contributed by atoms with Crippen molar-refractivity contribution in [2.75, 3.05) is 13.2 Å². The summed E-state index contributed by atoms with van der Waals surface area (Å²) < 4.78 is 12.3. The third-order valence-corrected chi connectivity index (χ3v) is 4.87. The molecule has 1 heterocycles. The van der Waals surface area contributed by atoms with Crippen LogP contribution in [0.5, 0.6) is 0 Å². The molecule has 0 aromatic carbocycles. The van der Waals surface area contributed by atoms with Gasteiger partial charge < -0.3 is 15.2 Å². The molecule has 112 valence electrons. The Morgan fingerprint density at radius 3 is 2.26 bits per heavy atom. The lowest BCUT2D eigenvalue weighted by Crippen LogP contribution is -2.37. The first-order valence-electron chi connectivity index (χ1n) is 7.86. The fraction of sp³-hybridized carbons (Fsp3) is 1.00. The van der Waals surface area contributed by atoms with Crippen molar-refractivity contribution in [1.29, 1.82) is 0 Å². The molecule has 3 heteroatoms. The van der Waals surface area contributed by atoms with Crippen LogP contribution in [-0.2, 0) is 9.47 Å². The van der Waals surface area contributed by atoms with E-state index in [4.69, 9.17) is 15.2 Å². The van der Waals surface area contributed by atoms with E-state index in [1.807, 2.05) is 0 Å². The average Bonchev–Trinajstić information content (AvgIpc) is 2.54. The van der Waals surface area contributed by atoms with Crippen molar-refractivity contribution >= 4 is 0 Å². The lowest BCUT2D eigenvalue weighted by Gasteiger charge is -2.33. The van der Waals surface area contributed by atoms with Crippen LogP contribution in [0.3, 0.4) is 0 Å². The fourth-order valence-corrected chi connectivity index (χ4v) is 3.83. The molecule has 0 aromatic heterocycles. The molecule has 2 fully saturated rings. The van der Waals surface area contributed by atoms with Gasteiger partial charge in [0.25, 0.3) is 0 Å². The van der Waals surface area contributed by atoms with Gasteiger partial charge in [0.05, 0.1) is 23.9 Å². The van der Waals surface area contributed by atoms with Gasteiger partial charge in [0.2, 0.25) is 0 Å². The molecule has 19 heavy (non-hydrogen) atoms. The van der Waals surface area contributed by atoms with E-state index in [1.165, 1.54) is 25.7 Å². The maximum Gasteiger partial charge on any atom is 0.0895 e. The van der Waals surface area contributed by atoms with Gasteiger partial charge in [0, 0.05) is 6.42 Å². The summed E-state index contributed by atoms with van der Waals surface area (Å²) in [6.45, 7) is 10.3. The number of rotatable bonds is 4. The second-order valence-corrected chi connectivity index (χ2v) is 7.53. The first-order valence-corrected chi connectivity index (χ1v) is 7.86. The van der Waals surface area contributed by atoms with Crippen LogP contribution >= 0.6 is 0 Å². The van der Waals surface area contributed by atoms with Gasteiger partial charge in [-0.25, -0.2) is 0 Å². The summed E-state index contributed by atoms with van der Waals surface area (Å²) in [5.41, 5.74) is 5.66. The normalized spacial score (nSPS) is 37.4. The molecule has 3 unspecified atom stereocenters. The highest BCUT2D eigenvalue weighted by molar-refractivity contribution is 4.95. The second-order valence-electron chi connectivity index (χ2n) is 7.53. The standard InChI is InChI=1S/C16H31NO2/c1-15(2)9-14(16(3,4)19-15)18-11-13-8-6-5-7-12(13)10-17/h12-14H,5-11,17H2,1-4H3. The van der Waals surface area contributed by atoms with Crippen molar-refractivity contribution in [1.82, 2.24) is 0 Å². The highest BCUT2D eigenvalue weighted by Gasteiger charge is 2.46. The van der Waals surface area contributed by atoms with Crippen molar-refractivity contribution in [2.24, 2.45) is 17.6 Å². The Morgan fingerprint density at radius 2 is 1.74 bits per heavy atom. The summed E-state index contributed by atoms with van der Waals surface area (Å²) in [7, 11) is 0. The summed E-state index contributed by atoms with van der Waals surface area (Å²) >= 11 is 0. The summed E-state index contributed by atoms with van der Waals surface area (Å²) in [6.07, 6.45) is 6.42. The highest BCUT2D eigenvalue weighted by Crippen LogP contribution is 2.40. The molecule has 1 saturated carbocycles. The zero-order valence-electron chi connectivity index (χ0n) is 13.1. The predicted molar refractivity (Wildman–Crippen MR) is 78.1 cm³/mol. The van der Waals surface area contributed by atoms with Crippen molar-refractivity contribution < 1.29 is 9.47 Å². The van der Waals surface area contributed by atoms with Gasteiger partial charge in [0.1, 0.15) is 0 Å². The van der Waals surface area contributed by atoms with Crippen LogP contribution in [0.25, 0.3) is 0 Å². The molecule has 2 rings (SSSR count). The van der Waals surface area contributed by atoms with E-state index in [1.54, 1.807) is 0 Å². The fourth-order valence-electron chi connectivity index (χ4n) is 3.83. The molecule has 1 aliphatic heterocycles. The van der Waals surface area contributed by atoms with E-state index >= 15 is 0 Å². The largest absolute Gasteiger partial charge is 0.375 e. The number of nitrogens with two attached hydrogens (primary N) is 1. The van der Waals surface area contributed by atoms with Crippen molar-refractivity contribution in [3.8, 4) is 0 Å². The Labute approximate surface area is 118 Å². The van der Waals surface area contributed by atoms with E-state index in [9.17, 15) is 0 Å². The third-order valence-electron chi connectivity index (χ3n) is 4.87. The van der Waals surface area contributed by atoms with Crippen molar-refractivity contribution in [3.05, 3.63) is 0 Å². The molecule has 0 radical (unpaired) electrons. The SMILES string of the molecule is CC1(C)CC(OCC2CCCCC2CN)C(C)(C)O1. The summed E-state index contributed by atoms with van der Waals surface area (Å²) in [6, 6.07) is 0. The van der Waals surface area contributed by atoms with Crippen LogP contribution in [0, 0.1) is 11.8 Å². The van der Waals surface area contributed by atoms with E-state index < -0.39 is 0 Å². The van der Waals surface area contributed by atoms with Gasteiger partial charge in [-0.15, -0.1) is 0 Å². The number of hydrogen-bond acceptors (Lipinski definition) is 3. The van der Waals surface area contributed by atoms with Crippen LogP contribution in [0.2, 0.25) is 0 Å². The Hall–Kier alpha value is -0.120. The van der Waals surface area contributed by atoms with Gasteiger partial charge in [0.15, 0.2) is 0 Å². The average molecular weight is 269 g/mol. The maximum absolute atomic E-state index is 6.24. The molecule has 0 bridgehead atoms. The molecule has 3 atom stereocenters. The lowest BCUT2D eigenvalue weighted by atomic mass is 9.79. The Kier molecular flexibility index (Phi) is 4.59. The van der Waals surface area contributed by atoms with E-state index in [0.717, 1.165) is 19.6 Å². The van der Waals surface area contributed by atoms with Crippen LogP contribution in [0.15, 0.2) is 0 Å². The van der Waals surface area contributed by atoms with Gasteiger partial charge in [-0.05, 0) is 58.9 Å². The van der Waals surface area contributed by atoms with E-state index in [-0.39, 0.29) is 17.3 Å². The lowest BCUT2D eigenvalue weighted by molar-refractivity contribution is -0.109. The first-order chi connectivity index (χ1) is 8.84. The quantitative estimate of drug-likeness (QED) is 0.853. The van der Waals surface area contributed by atoms with Crippen molar-refractivity contribution in [2.45, 2.75) is 77.1 Å². The van der Waals surface area contributed by atoms with Gasteiger partial charge in [-0.2, -0.15) is 0 Å². The van der Waals surface area contributed by atoms with Gasteiger partial charge in [-0.1, -0.05) is 12.8 Å². The second kappa shape index (κ2) is 5.71. The Bertz CT molecular complexity index is 301. The zero-order chi connectivity index (χ0) is 14.1. The van der Waals surface area contributed by atoms with Crippen molar-refractivity contribution in [3.63, 3.8) is 0 Å². The Morgan fingerprint density at radius 1 is 1.11 bits per heavy atom. The number of ether oxygens (including phenoxy) is 2. The molecule has 0 spiro atoms. The predicted octanol–water partition coefficient (Wildman–Crippen LogP) is 3.11. The van der Waals surface area contributed by atoms with Crippen LogP contribution in [0.4, 0.5) is 0 Å². The Balaban J connectivity index is 1.88. The van der Waals surface area contributed by atoms with Crippen LogP contribution in [-0.4, -0.2) is 30.5 Å². The summed E-state index contributed by atoms with van der Waals surface area (Å²) in [5.74, 6) is 1.31. The third kappa shape index (κ3) is 3.71. The van der Waals surface area contributed by atoms with Crippen LogP contribution < -0.4 is 5.73 Å². The molecule has 3 nitrogen and oxygen atoms in total. The molecule has 2 N–H and O–H groups in total. The van der Waals surface area contributed by atoms with Crippen LogP contribution in [0.1, 0.15) is 59.8 Å². The van der Waals surface area contributed by atoms with E-state index in [0.29, 0.717) is 11.8 Å². The van der Waals surface area contributed by atoms with Gasteiger partial charge >= 0.3 is 0 Å². The minimum Gasteiger partial charge on any atom is -0.375 e. The molecule has 1 saturated heterocycles. The summed E-state index contributed by atoms with van der Waals surface area (Å²) in [5, 5.41) is 0. The molecular weight excluding hydrogens is 238 g/mol. The smallest absolute Gasteiger partial charge is 0.0895 e. The minimum absolute atomic E-state index is 0.0615. The first kappa shape index (κ1) is 15.3. The monoisotopic (exact) mass is 269 g/mol. The minimum atomic E-state index is -0.170. The molecule has 0 amide bonds. The zero-order valence-corrected chi connectivity index (χ0v) is 13.1. The molecule has 2 aliphatic rings. The number of hydrogen-bond donors (Lipinski definition) is 1. The van der Waals surface area contributed by atoms with E-state index in [2.05, 4.69) is 27.7 Å².